The van der Waals surface area contributed by atoms with E-state index < -0.39 is 0 Å². The summed E-state index contributed by atoms with van der Waals surface area (Å²) < 4.78 is 0.854. The average molecular weight is 243 g/mol. The largest absolute Gasteiger partial charge is 0.411 e. The Labute approximate surface area is 83.2 Å². The number of nitrogens with zero attached hydrogens (tertiary/aromatic N) is 4. The van der Waals surface area contributed by atoms with Crippen molar-refractivity contribution in [1.82, 2.24) is 9.97 Å². The van der Waals surface area contributed by atoms with Crippen molar-refractivity contribution in [2.75, 3.05) is 18.0 Å². The molecule has 0 aliphatic carbocycles. The van der Waals surface area contributed by atoms with E-state index in [1.54, 1.807) is 12.4 Å². The maximum Gasteiger partial charge on any atom is 0.226 e. The molecule has 0 amide bonds. The minimum absolute atomic E-state index is 0.609. The first-order valence-electron chi connectivity index (χ1n) is 3.72. The molecule has 1 fully saturated rings. The maximum absolute atomic E-state index is 8.41. The normalized spacial score (nSPS) is 15.5. The average Bonchev–Trinajstić information content (AvgIpc) is 2.06. The van der Waals surface area contributed by atoms with Crippen LogP contribution in [0, 0.1) is 0 Å². The number of hydrogen-bond acceptors (Lipinski definition) is 5. The first-order valence-corrected chi connectivity index (χ1v) is 4.51. The molecule has 0 atom stereocenters. The van der Waals surface area contributed by atoms with E-state index in [1.807, 2.05) is 4.90 Å². The summed E-state index contributed by atoms with van der Waals surface area (Å²) in [6.07, 6.45) is 3.38. The van der Waals surface area contributed by atoms with E-state index in [9.17, 15) is 0 Å². The smallest absolute Gasteiger partial charge is 0.226 e. The van der Waals surface area contributed by atoms with E-state index in [-0.39, 0.29) is 0 Å². The van der Waals surface area contributed by atoms with E-state index in [2.05, 4.69) is 31.1 Å². The van der Waals surface area contributed by atoms with Gasteiger partial charge in [-0.05, 0) is 15.9 Å². The second-order valence-electron chi connectivity index (χ2n) is 2.72. The summed E-state index contributed by atoms with van der Waals surface area (Å²) in [6.45, 7) is 1.22. The molecule has 68 valence electrons. The summed E-state index contributed by atoms with van der Waals surface area (Å²) in [5, 5.41) is 11.5. The number of aromatic nitrogens is 2. The molecule has 1 N–H and O–H groups in total. The minimum Gasteiger partial charge on any atom is -0.411 e. The van der Waals surface area contributed by atoms with Gasteiger partial charge in [-0.15, -0.1) is 0 Å². The number of rotatable bonds is 1. The third-order valence-corrected chi connectivity index (χ3v) is 2.19. The molecular weight excluding hydrogens is 236 g/mol. The number of hydrogen-bond donors (Lipinski definition) is 1. The van der Waals surface area contributed by atoms with Gasteiger partial charge < -0.3 is 10.1 Å². The van der Waals surface area contributed by atoms with Gasteiger partial charge in [0.2, 0.25) is 5.95 Å². The van der Waals surface area contributed by atoms with Crippen molar-refractivity contribution in [3.63, 3.8) is 0 Å². The fourth-order valence-electron chi connectivity index (χ4n) is 1.07. The zero-order valence-corrected chi connectivity index (χ0v) is 8.27. The van der Waals surface area contributed by atoms with Crippen molar-refractivity contribution in [2.45, 2.75) is 0 Å². The molecule has 2 heterocycles. The van der Waals surface area contributed by atoms with Crippen molar-refractivity contribution in [3.05, 3.63) is 16.9 Å². The lowest BCUT2D eigenvalue weighted by Gasteiger charge is -2.31. The standard InChI is InChI=1S/C7H7BrN4O/c8-5-1-9-7(10-2-5)12-3-6(4-12)11-13/h1-2,13H,3-4H2. The molecule has 0 spiro atoms. The third kappa shape index (κ3) is 1.62. The van der Waals surface area contributed by atoms with Crippen LogP contribution in [-0.2, 0) is 0 Å². The molecule has 6 heteroatoms. The highest BCUT2D eigenvalue weighted by Gasteiger charge is 2.24. The lowest BCUT2D eigenvalue weighted by Crippen LogP contribution is -2.48. The van der Waals surface area contributed by atoms with Gasteiger partial charge >= 0.3 is 0 Å². The molecule has 0 radical (unpaired) electrons. The van der Waals surface area contributed by atoms with Crippen LogP contribution in [0.1, 0.15) is 0 Å². The quantitative estimate of drug-likeness (QED) is 0.587. The van der Waals surface area contributed by atoms with Crippen molar-refractivity contribution in [2.24, 2.45) is 5.16 Å². The topological polar surface area (TPSA) is 61.6 Å². The molecule has 1 aliphatic heterocycles. The predicted molar refractivity (Wildman–Crippen MR) is 51.2 cm³/mol. The van der Waals surface area contributed by atoms with Gasteiger partial charge in [0, 0.05) is 12.4 Å². The summed E-state index contributed by atoms with van der Waals surface area (Å²) in [5.74, 6) is 0.663. The molecule has 1 saturated heterocycles. The zero-order valence-electron chi connectivity index (χ0n) is 6.68. The Balaban J connectivity index is 2.07. The van der Waals surface area contributed by atoms with Crippen LogP contribution in [0.2, 0.25) is 0 Å². The monoisotopic (exact) mass is 242 g/mol. The highest BCUT2D eigenvalue weighted by molar-refractivity contribution is 9.10. The second kappa shape index (κ2) is 3.29. The summed E-state index contributed by atoms with van der Waals surface area (Å²) in [4.78, 5) is 10.1. The first kappa shape index (κ1) is 8.43. The van der Waals surface area contributed by atoms with Gasteiger partial charge in [-0.25, -0.2) is 9.97 Å². The molecule has 5 nitrogen and oxygen atoms in total. The second-order valence-corrected chi connectivity index (χ2v) is 3.64. The Bertz CT molecular complexity index is 329. The molecule has 0 saturated carbocycles. The Hall–Kier alpha value is -1.17. The molecule has 1 aliphatic rings. The number of oxime groups is 1. The van der Waals surface area contributed by atoms with Gasteiger partial charge in [-0.1, -0.05) is 5.16 Å². The van der Waals surface area contributed by atoms with Crippen molar-refractivity contribution >= 4 is 27.6 Å². The van der Waals surface area contributed by atoms with Crippen molar-refractivity contribution in [3.8, 4) is 0 Å². The molecule has 1 aromatic heterocycles. The van der Waals surface area contributed by atoms with Crippen molar-refractivity contribution in [1.29, 1.82) is 0 Å². The summed E-state index contributed by atoms with van der Waals surface area (Å²) >= 11 is 3.25. The van der Waals surface area contributed by atoms with E-state index in [0.717, 1.165) is 10.2 Å². The van der Waals surface area contributed by atoms with Gasteiger partial charge in [0.05, 0.1) is 23.3 Å². The van der Waals surface area contributed by atoms with Crippen LogP contribution >= 0.6 is 15.9 Å². The van der Waals surface area contributed by atoms with Gasteiger partial charge in [0.25, 0.3) is 0 Å². The van der Waals surface area contributed by atoms with Gasteiger partial charge in [0.1, 0.15) is 0 Å². The molecule has 2 rings (SSSR count). The molecular formula is C7H7BrN4O. The van der Waals surface area contributed by atoms with Crippen LogP contribution in [0.25, 0.3) is 0 Å². The van der Waals surface area contributed by atoms with Crippen LogP contribution in [0.3, 0.4) is 0 Å². The molecule has 0 aromatic carbocycles. The molecule has 0 unspecified atom stereocenters. The van der Waals surface area contributed by atoms with Crippen LogP contribution in [0.4, 0.5) is 5.95 Å². The molecule has 0 bridgehead atoms. The highest BCUT2D eigenvalue weighted by Crippen LogP contribution is 2.15. The molecule has 1 aromatic rings. The van der Waals surface area contributed by atoms with E-state index in [4.69, 9.17) is 5.21 Å². The fraction of sp³-hybridized carbons (Fsp3) is 0.286. The Kier molecular flexibility index (Phi) is 2.13. The number of anilines is 1. The lowest BCUT2D eigenvalue weighted by molar-refractivity contribution is 0.315. The van der Waals surface area contributed by atoms with E-state index in [0.29, 0.717) is 19.0 Å². The van der Waals surface area contributed by atoms with Crippen LogP contribution < -0.4 is 4.90 Å². The predicted octanol–water partition coefficient (Wildman–Crippen LogP) is 0.889. The van der Waals surface area contributed by atoms with Crippen molar-refractivity contribution < 1.29 is 5.21 Å². The number of halogens is 1. The Morgan fingerprint density at radius 2 is 2.00 bits per heavy atom. The Morgan fingerprint density at radius 1 is 1.38 bits per heavy atom. The first-order chi connectivity index (χ1) is 6.29. The minimum atomic E-state index is 0.609. The SMILES string of the molecule is ON=C1CN(c2ncc(Br)cn2)C1. The summed E-state index contributed by atoms with van der Waals surface area (Å²) in [6, 6.07) is 0. The van der Waals surface area contributed by atoms with Gasteiger partial charge in [0.15, 0.2) is 0 Å². The van der Waals surface area contributed by atoms with Gasteiger partial charge in [-0.3, -0.25) is 0 Å². The summed E-state index contributed by atoms with van der Waals surface area (Å²) in [5.41, 5.74) is 0.756. The zero-order chi connectivity index (χ0) is 9.26. The van der Waals surface area contributed by atoms with Crippen LogP contribution in [0.5, 0.6) is 0 Å². The third-order valence-electron chi connectivity index (χ3n) is 1.78. The lowest BCUT2D eigenvalue weighted by atomic mass is 10.2. The van der Waals surface area contributed by atoms with E-state index >= 15 is 0 Å². The van der Waals surface area contributed by atoms with Gasteiger partial charge in [-0.2, -0.15) is 0 Å². The van der Waals surface area contributed by atoms with E-state index in [1.165, 1.54) is 0 Å². The van der Waals surface area contributed by atoms with Crippen LogP contribution in [0.15, 0.2) is 22.0 Å². The molecule has 13 heavy (non-hydrogen) atoms. The highest BCUT2D eigenvalue weighted by atomic mass is 79.9. The fourth-order valence-corrected chi connectivity index (χ4v) is 1.27. The Morgan fingerprint density at radius 3 is 2.54 bits per heavy atom. The summed E-state index contributed by atoms with van der Waals surface area (Å²) in [7, 11) is 0. The maximum atomic E-state index is 8.41. The van der Waals surface area contributed by atoms with Crippen LogP contribution in [-0.4, -0.2) is 34.0 Å².